The second-order valence-electron chi connectivity index (χ2n) is 2.94. The first-order valence-electron chi connectivity index (χ1n) is 4.56. The molecule has 0 aromatic heterocycles. The maximum atomic E-state index is 10.3. The quantitative estimate of drug-likeness (QED) is 0.744. The van der Waals surface area contributed by atoms with Gasteiger partial charge in [-0.1, -0.05) is 0 Å². The molecule has 1 rings (SSSR count). The lowest BCUT2D eigenvalue weighted by atomic mass is 10.1. The smallest absolute Gasteiger partial charge is 0.317 e. The maximum Gasteiger partial charge on any atom is 0.317 e. The van der Waals surface area contributed by atoms with Crippen molar-refractivity contribution in [3.8, 4) is 5.75 Å². The van der Waals surface area contributed by atoms with Crippen molar-refractivity contribution in [1.82, 2.24) is 0 Å². The van der Waals surface area contributed by atoms with Crippen molar-refractivity contribution in [2.24, 2.45) is 5.73 Å². The number of aliphatic carboxylic acids is 1. The number of aryl methyl sites for hydroxylation is 1. The van der Waals surface area contributed by atoms with Crippen LogP contribution in [-0.2, 0) is 4.79 Å². The Morgan fingerprint density at radius 3 is 2.44 bits per heavy atom. The summed E-state index contributed by atoms with van der Waals surface area (Å²) in [5.74, 6) is -0.152. The molecule has 5 heteroatoms. The molecule has 0 amide bonds. The average molecular weight is 225 g/mol. The molecule has 0 unspecified atom stereocenters. The van der Waals surface area contributed by atoms with E-state index in [9.17, 15) is 9.59 Å². The van der Waals surface area contributed by atoms with Gasteiger partial charge in [0.2, 0.25) is 0 Å². The molecule has 0 fully saturated rings. The van der Waals surface area contributed by atoms with E-state index in [0.717, 1.165) is 17.6 Å². The van der Waals surface area contributed by atoms with Crippen molar-refractivity contribution in [2.45, 2.75) is 6.92 Å². The highest BCUT2D eigenvalue weighted by atomic mass is 16.5. The number of carbonyl (C=O) groups excluding carboxylic acids is 1. The van der Waals surface area contributed by atoms with Crippen molar-refractivity contribution in [2.75, 3.05) is 13.7 Å². The number of carbonyl (C=O) groups is 2. The molecule has 0 aliphatic carbocycles. The molecule has 0 heterocycles. The zero-order valence-electron chi connectivity index (χ0n) is 9.27. The summed E-state index contributed by atoms with van der Waals surface area (Å²) in [7, 11) is 1.61. The van der Waals surface area contributed by atoms with Gasteiger partial charge in [0.15, 0.2) is 0 Å². The number of methoxy groups -OCH3 is 1. The van der Waals surface area contributed by atoms with Crippen LogP contribution < -0.4 is 10.5 Å². The van der Waals surface area contributed by atoms with Crippen LogP contribution in [0.1, 0.15) is 15.9 Å². The number of carboxylic acids is 1. The monoisotopic (exact) mass is 225 g/mol. The van der Waals surface area contributed by atoms with Crippen LogP contribution in [0.25, 0.3) is 0 Å². The van der Waals surface area contributed by atoms with Gasteiger partial charge in [0.25, 0.3) is 0 Å². The minimum absolute atomic E-state index is 0.278. The highest BCUT2D eigenvalue weighted by Crippen LogP contribution is 2.17. The van der Waals surface area contributed by atoms with Gasteiger partial charge in [-0.15, -0.1) is 0 Å². The molecule has 0 bridgehead atoms. The number of aldehydes is 1. The lowest BCUT2D eigenvalue weighted by Gasteiger charge is -2.03. The largest absolute Gasteiger partial charge is 0.496 e. The standard InChI is InChI=1S/C9H10O2.C2H5NO2/c1-7-5-8(6-10)3-4-9(7)11-2;3-1-2(4)5/h3-6H,1-2H3;1,3H2,(H,4,5). The number of nitrogens with two attached hydrogens (primary N) is 1. The summed E-state index contributed by atoms with van der Waals surface area (Å²) in [6.45, 7) is 1.63. The van der Waals surface area contributed by atoms with E-state index in [2.05, 4.69) is 5.73 Å². The first-order valence-corrected chi connectivity index (χ1v) is 4.56. The fourth-order valence-electron chi connectivity index (χ4n) is 0.975. The van der Waals surface area contributed by atoms with E-state index in [-0.39, 0.29) is 6.54 Å². The molecular formula is C11H15NO4. The normalized spacial score (nSPS) is 8.69. The van der Waals surface area contributed by atoms with Gasteiger partial charge in [-0.25, -0.2) is 0 Å². The Hall–Kier alpha value is -1.88. The summed E-state index contributed by atoms with van der Waals surface area (Å²) in [6.07, 6.45) is 0.826. The van der Waals surface area contributed by atoms with Crippen molar-refractivity contribution in [3.05, 3.63) is 29.3 Å². The Morgan fingerprint density at radius 2 is 2.12 bits per heavy atom. The van der Waals surface area contributed by atoms with Gasteiger partial charge in [0, 0.05) is 5.56 Å². The Labute approximate surface area is 93.8 Å². The van der Waals surface area contributed by atoms with Crippen LogP contribution >= 0.6 is 0 Å². The maximum absolute atomic E-state index is 10.3. The first-order chi connectivity index (χ1) is 7.54. The number of carboxylic acid groups (broad SMARTS) is 1. The SMILES string of the molecule is COc1ccc(C=O)cc1C.NCC(=O)O. The molecule has 1 aromatic rings. The first kappa shape index (κ1) is 14.1. The zero-order valence-corrected chi connectivity index (χ0v) is 9.27. The fraction of sp³-hybridized carbons (Fsp3) is 0.273. The summed E-state index contributed by atoms with van der Waals surface area (Å²) < 4.78 is 5.03. The molecule has 88 valence electrons. The van der Waals surface area contributed by atoms with Crippen molar-refractivity contribution in [1.29, 1.82) is 0 Å². The summed E-state index contributed by atoms with van der Waals surface area (Å²) in [4.78, 5) is 19.6. The third-order valence-corrected chi connectivity index (χ3v) is 1.73. The molecule has 0 atom stereocenters. The van der Waals surface area contributed by atoms with Crippen LogP contribution in [0.15, 0.2) is 18.2 Å². The van der Waals surface area contributed by atoms with E-state index in [1.54, 1.807) is 25.3 Å². The molecule has 16 heavy (non-hydrogen) atoms. The number of hydrogen-bond donors (Lipinski definition) is 2. The molecule has 0 spiro atoms. The predicted octanol–water partition coefficient (Wildman–Crippen LogP) is 0.846. The Kier molecular flexibility index (Phi) is 6.55. The number of ether oxygens (including phenoxy) is 1. The minimum atomic E-state index is -0.968. The molecule has 0 saturated carbocycles. The third kappa shape index (κ3) is 5.11. The lowest BCUT2D eigenvalue weighted by Crippen LogP contribution is -2.10. The molecule has 3 N–H and O–H groups in total. The van der Waals surface area contributed by atoms with Gasteiger partial charge < -0.3 is 15.6 Å². The van der Waals surface area contributed by atoms with E-state index in [1.165, 1.54) is 0 Å². The predicted molar refractivity (Wildman–Crippen MR) is 59.8 cm³/mol. The van der Waals surface area contributed by atoms with Crippen molar-refractivity contribution < 1.29 is 19.4 Å². The molecule has 0 radical (unpaired) electrons. The van der Waals surface area contributed by atoms with Crippen molar-refractivity contribution in [3.63, 3.8) is 0 Å². The highest BCUT2D eigenvalue weighted by Gasteiger charge is 1.97. The average Bonchev–Trinajstić information content (AvgIpc) is 2.29. The Bertz CT molecular complexity index is 363. The van der Waals surface area contributed by atoms with Crippen LogP contribution in [0, 0.1) is 6.92 Å². The fourth-order valence-corrected chi connectivity index (χ4v) is 0.975. The number of hydrogen-bond acceptors (Lipinski definition) is 4. The third-order valence-electron chi connectivity index (χ3n) is 1.73. The summed E-state index contributed by atoms with van der Waals surface area (Å²) in [6, 6.07) is 5.32. The van der Waals surface area contributed by atoms with Crippen molar-refractivity contribution >= 4 is 12.3 Å². The summed E-state index contributed by atoms with van der Waals surface area (Å²) in [5, 5.41) is 7.60. The molecule has 5 nitrogen and oxygen atoms in total. The van der Waals surface area contributed by atoms with Crippen LogP contribution in [-0.4, -0.2) is 31.0 Å². The second kappa shape index (κ2) is 7.42. The van der Waals surface area contributed by atoms with Crippen LogP contribution in [0.5, 0.6) is 5.75 Å². The summed E-state index contributed by atoms with van der Waals surface area (Å²) in [5.41, 5.74) is 6.24. The van der Waals surface area contributed by atoms with Gasteiger partial charge in [-0.2, -0.15) is 0 Å². The minimum Gasteiger partial charge on any atom is -0.496 e. The van der Waals surface area contributed by atoms with Gasteiger partial charge in [-0.3, -0.25) is 9.59 Å². The second-order valence-corrected chi connectivity index (χ2v) is 2.94. The van der Waals surface area contributed by atoms with E-state index >= 15 is 0 Å². The lowest BCUT2D eigenvalue weighted by molar-refractivity contribution is -0.135. The van der Waals surface area contributed by atoms with Gasteiger partial charge in [0.05, 0.1) is 13.7 Å². The van der Waals surface area contributed by atoms with Gasteiger partial charge in [0.1, 0.15) is 12.0 Å². The highest BCUT2D eigenvalue weighted by molar-refractivity contribution is 5.75. The van der Waals surface area contributed by atoms with Gasteiger partial charge in [-0.05, 0) is 30.7 Å². The molecule has 0 aliphatic heterocycles. The molecular weight excluding hydrogens is 210 g/mol. The van der Waals surface area contributed by atoms with E-state index in [4.69, 9.17) is 9.84 Å². The zero-order chi connectivity index (χ0) is 12.6. The van der Waals surface area contributed by atoms with Crippen LogP contribution in [0.2, 0.25) is 0 Å². The summed E-state index contributed by atoms with van der Waals surface area (Å²) >= 11 is 0. The molecule has 0 saturated heterocycles. The van der Waals surface area contributed by atoms with Gasteiger partial charge >= 0.3 is 5.97 Å². The topological polar surface area (TPSA) is 89.6 Å². The Morgan fingerprint density at radius 1 is 1.56 bits per heavy atom. The van der Waals surface area contributed by atoms with E-state index in [0.29, 0.717) is 5.56 Å². The van der Waals surface area contributed by atoms with Crippen LogP contribution in [0.4, 0.5) is 0 Å². The van der Waals surface area contributed by atoms with E-state index < -0.39 is 5.97 Å². The molecule has 1 aromatic carbocycles. The molecule has 0 aliphatic rings. The van der Waals surface area contributed by atoms with E-state index in [1.807, 2.05) is 6.92 Å². The number of rotatable bonds is 3. The van der Waals surface area contributed by atoms with Crippen LogP contribution in [0.3, 0.4) is 0 Å². The number of benzene rings is 1. The Balaban J connectivity index is 0.000000385.